The van der Waals surface area contributed by atoms with Crippen molar-refractivity contribution in [1.29, 1.82) is 0 Å². The Morgan fingerprint density at radius 3 is 3.00 bits per heavy atom. The van der Waals surface area contributed by atoms with Gasteiger partial charge in [-0.15, -0.1) is 11.3 Å². The maximum Gasteiger partial charge on any atom is 0.228 e. The maximum atomic E-state index is 12.4. The average Bonchev–Trinajstić information content (AvgIpc) is 3.19. The molecule has 0 aliphatic carbocycles. The number of aromatic nitrogens is 2. The third-order valence-corrected chi connectivity index (χ3v) is 6.70. The highest BCUT2D eigenvalue weighted by atomic mass is 32.2. The Hall–Kier alpha value is -2.00. The standard InChI is InChI=1S/C16H19N3O4S2/c1-19(13-4-6-25(21,22)11-13)16(20)7-12-10-24-15(18-12)9-23-14-3-2-5-17-8-14/h2-3,5,8,10,13H,4,6-7,9,11H2,1H3. The highest BCUT2D eigenvalue weighted by Gasteiger charge is 2.32. The Labute approximate surface area is 150 Å². The van der Waals surface area contributed by atoms with Gasteiger partial charge in [0.05, 0.1) is 29.8 Å². The number of rotatable bonds is 6. The molecule has 1 aliphatic heterocycles. The quantitative estimate of drug-likeness (QED) is 0.749. The van der Waals surface area contributed by atoms with Crippen molar-refractivity contribution in [3.05, 3.63) is 40.6 Å². The average molecular weight is 381 g/mol. The molecule has 1 fully saturated rings. The van der Waals surface area contributed by atoms with Gasteiger partial charge in [-0.1, -0.05) is 0 Å². The molecular weight excluding hydrogens is 362 g/mol. The van der Waals surface area contributed by atoms with E-state index in [4.69, 9.17) is 4.74 Å². The van der Waals surface area contributed by atoms with Gasteiger partial charge in [0.2, 0.25) is 5.91 Å². The third kappa shape index (κ3) is 4.76. The van der Waals surface area contributed by atoms with Gasteiger partial charge >= 0.3 is 0 Å². The van der Waals surface area contributed by atoms with E-state index < -0.39 is 9.84 Å². The topological polar surface area (TPSA) is 89.5 Å². The molecule has 0 spiro atoms. The fourth-order valence-electron chi connectivity index (χ4n) is 2.64. The fourth-order valence-corrected chi connectivity index (χ4v) is 5.12. The number of hydrogen-bond acceptors (Lipinski definition) is 7. The van der Waals surface area contributed by atoms with Gasteiger partial charge in [-0.3, -0.25) is 9.78 Å². The van der Waals surface area contributed by atoms with E-state index in [0.29, 0.717) is 24.5 Å². The summed E-state index contributed by atoms with van der Waals surface area (Å²) in [4.78, 5) is 22.3. The summed E-state index contributed by atoms with van der Waals surface area (Å²) in [6.45, 7) is 0.321. The van der Waals surface area contributed by atoms with Crippen LogP contribution in [0.15, 0.2) is 29.9 Å². The number of sulfone groups is 1. The lowest BCUT2D eigenvalue weighted by atomic mass is 10.2. The first-order valence-electron chi connectivity index (χ1n) is 7.85. The van der Waals surface area contributed by atoms with Gasteiger partial charge < -0.3 is 9.64 Å². The molecular formula is C16H19N3O4S2. The molecule has 1 amide bonds. The fraction of sp³-hybridized carbons (Fsp3) is 0.438. The minimum absolute atomic E-state index is 0.0521. The lowest BCUT2D eigenvalue weighted by molar-refractivity contribution is -0.130. The van der Waals surface area contributed by atoms with Gasteiger partial charge in [-0.05, 0) is 18.6 Å². The maximum absolute atomic E-state index is 12.4. The van der Waals surface area contributed by atoms with E-state index in [1.807, 2.05) is 11.4 Å². The predicted octanol–water partition coefficient (Wildman–Crippen LogP) is 1.31. The number of ether oxygens (including phenoxy) is 1. The van der Waals surface area contributed by atoms with Crippen LogP contribution < -0.4 is 4.74 Å². The van der Waals surface area contributed by atoms with Crippen LogP contribution in [0.3, 0.4) is 0 Å². The summed E-state index contributed by atoms with van der Waals surface area (Å²) in [7, 11) is -1.35. The number of hydrogen-bond donors (Lipinski definition) is 0. The Bertz CT molecular complexity index is 836. The van der Waals surface area contributed by atoms with Crippen LogP contribution in [0.5, 0.6) is 5.75 Å². The van der Waals surface area contributed by atoms with Gasteiger partial charge in [0.15, 0.2) is 9.84 Å². The second-order valence-electron chi connectivity index (χ2n) is 5.95. The molecule has 1 aliphatic rings. The first-order chi connectivity index (χ1) is 11.9. The van der Waals surface area contributed by atoms with Gasteiger partial charge in [-0.25, -0.2) is 13.4 Å². The molecule has 1 unspecified atom stereocenters. The summed E-state index contributed by atoms with van der Waals surface area (Å²) < 4.78 is 28.7. The molecule has 2 aromatic heterocycles. The molecule has 1 atom stereocenters. The van der Waals surface area contributed by atoms with Gasteiger partial charge in [0.25, 0.3) is 0 Å². The van der Waals surface area contributed by atoms with Gasteiger partial charge in [-0.2, -0.15) is 0 Å². The summed E-state index contributed by atoms with van der Waals surface area (Å²) in [6, 6.07) is 3.38. The van der Waals surface area contributed by atoms with Gasteiger partial charge in [0.1, 0.15) is 17.4 Å². The minimum Gasteiger partial charge on any atom is -0.485 e. The van der Waals surface area contributed by atoms with Crippen LogP contribution in [-0.2, 0) is 27.7 Å². The van der Waals surface area contributed by atoms with Gasteiger partial charge in [0, 0.05) is 24.7 Å². The second-order valence-corrected chi connectivity index (χ2v) is 9.12. The van der Waals surface area contributed by atoms with Crippen molar-refractivity contribution in [3.8, 4) is 5.75 Å². The Balaban J connectivity index is 1.53. The first-order valence-corrected chi connectivity index (χ1v) is 10.6. The van der Waals surface area contributed by atoms with E-state index >= 15 is 0 Å². The molecule has 7 nitrogen and oxygen atoms in total. The highest BCUT2D eigenvalue weighted by molar-refractivity contribution is 7.91. The smallest absolute Gasteiger partial charge is 0.228 e. The number of likely N-dealkylation sites (N-methyl/N-ethyl adjacent to an activating group) is 1. The van der Waals surface area contributed by atoms with E-state index in [9.17, 15) is 13.2 Å². The van der Waals surface area contributed by atoms with E-state index in [2.05, 4.69) is 9.97 Å². The third-order valence-electron chi connectivity index (χ3n) is 4.08. The number of thiazole rings is 1. The molecule has 9 heteroatoms. The molecule has 0 saturated carbocycles. The Kier molecular flexibility index (Phi) is 5.33. The monoisotopic (exact) mass is 381 g/mol. The lowest BCUT2D eigenvalue weighted by Crippen LogP contribution is -2.38. The molecule has 0 bridgehead atoms. The molecule has 0 radical (unpaired) electrons. The zero-order chi connectivity index (χ0) is 17.9. The number of amides is 1. The number of pyridine rings is 1. The van der Waals surface area contributed by atoms with Crippen molar-refractivity contribution in [2.45, 2.75) is 25.5 Å². The molecule has 0 aromatic carbocycles. The van der Waals surface area contributed by atoms with Crippen LogP contribution in [-0.4, -0.2) is 53.8 Å². The van der Waals surface area contributed by atoms with E-state index in [1.54, 1.807) is 25.5 Å². The highest BCUT2D eigenvalue weighted by Crippen LogP contribution is 2.19. The summed E-state index contributed by atoms with van der Waals surface area (Å²) in [5, 5.41) is 2.61. The molecule has 3 rings (SSSR count). The summed E-state index contributed by atoms with van der Waals surface area (Å²) in [6.07, 6.45) is 3.97. The van der Waals surface area contributed by atoms with Crippen LogP contribution in [0.4, 0.5) is 0 Å². The lowest BCUT2D eigenvalue weighted by Gasteiger charge is -2.23. The number of carbonyl (C=O) groups is 1. The van der Waals surface area contributed by atoms with Crippen LogP contribution in [0.1, 0.15) is 17.1 Å². The molecule has 1 saturated heterocycles. The molecule has 25 heavy (non-hydrogen) atoms. The zero-order valence-corrected chi connectivity index (χ0v) is 15.4. The van der Waals surface area contributed by atoms with Crippen molar-refractivity contribution in [1.82, 2.24) is 14.9 Å². The summed E-state index contributed by atoms with van der Waals surface area (Å²) in [5.74, 6) is 0.753. The van der Waals surface area contributed by atoms with E-state index in [0.717, 1.165) is 5.01 Å². The Morgan fingerprint density at radius 1 is 1.48 bits per heavy atom. The largest absolute Gasteiger partial charge is 0.485 e. The zero-order valence-electron chi connectivity index (χ0n) is 13.8. The van der Waals surface area contributed by atoms with Crippen molar-refractivity contribution in [2.75, 3.05) is 18.6 Å². The molecule has 134 valence electrons. The molecule has 0 N–H and O–H groups in total. The van der Waals surface area contributed by atoms with E-state index in [1.165, 1.54) is 16.2 Å². The SMILES string of the molecule is CN(C(=O)Cc1csc(COc2cccnc2)n1)C1CCS(=O)(=O)C1. The van der Waals surface area contributed by atoms with Crippen molar-refractivity contribution in [3.63, 3.8) is 0 Å². The van der Waals surface area contributed by atoms with Crippen LogP contribution in [0.2, 0.25) is 0 Å². The van der Waals surface area contributed by atoms with Crippen molar-refractivity contribution < 1.29 is 17.9 Å². The number of nitrogens with zero attached hydrogens (tertiary/aromatic N) is 3. The summed E-state index contributed by atoms with van der Waals surface area (Å²) in [5.41, 5.74) is 0.674. The predicted molar refractivity (Wildman–Crippen MR) is 94.2 cm³/mol. The second kappa shape index (κ2) is 7.49. The van der Waals surface area contributed by atoms with Crippen LogP contribution >= 0.6 is 11.3 Å². The summed E-state index contributed by atoms with van der Waals surface area (Å²) >= 11 is 1.43. The van der Waals surface area contributed by atoms with E-state index in [-0.39, 0.29) is 29.9 Å². The normalized spacial score (nSPS) is 18.8. The molecule has 2 aromatic rings. The Morgan fingerprint density at radius 2 is 2.32 bits per heavy atom. The van der Waals surface area contributed by atoms with Crippen LogP contribution in [0.25, 0.3) is 0 Å². The van der Waals surface area contributed by atoms with Crippen LogP contribution in [0, 0.1) is 0 Å². The first kappa shape index (κ1) is 17.8. The van der Waals surface area contributed by atoms with Crippen molar-refractivity contribution in [2.24, 2.45) is 0 Å². The number of carbonyl (C=O) groups excluding carboxylic acids is 1. The molecule has 3 heterocycles. The minimum atomic E-state index is -3.01. The van der Waals surface area contributed by atoms with Crippen molar-refractivity contribution >= 4 is 27.1 Å².